The summed E-state index contributed by atoms with van der Waals surface area (Å²) in [6.07, 6.45) is 0.338. The van der Waals surface area contributed by atoms with Crippen molar-refractivity contribution in [2.45, 2.75) is 31.2 Å². The largest absolute Gasteiger partial charge is 0.339 e. The fourth-order valence-corrected chi connectivity index (χ4v) is 4.73. The predicted molar refractivity (Wildman–Crippen MR) is 137 cm³/mol. The van der Waals surface area contributed by atoms with E-state index in [2.05, 4.69) is 16.2 Å². The molecule has 1 heterocycles. The van der Waals surface area contributed by atoms with Gasteiger partial charge in [0.25, 0.3) is 0 Å². The van der Waals surface area contributed by atoms with Crippen LogP contribution >= 0.6 is 0 Å². The minimum absolute atomic E-state index is 0.0414. The molecule has 0 saturated carbocycles. The van der Waals surface area contributed by atoms with E-state index in [0.717, 1.165) is 16.7 Å². The van der Waals surface area contributed by atoms with Gasteiger partial charge in [-0.2, -0.15) is 10.2 Å². The first-order valence-electron chi connectivity index (χ1n) is 11.5. The Balaban J connectivity index is 1.51. The predicted octanol–water partition coefficient (Wildman–Crippen LogP) is 3.84. The highest BCUT2D eigenvalue weighted by Gasteiger charge is 2.17. The molecule has 0 unspecified atom stereocenters. The highest BCUT2D eigenvalue weighted by atomic mass is 32.2. The van der Waals surface area contributed by atoms with E-state index < -0.39 is 10.0 Å². The molecule has 0 aliphatic carbocycles. The summed E-state index contributed by atoms with van der Waals surface area (Å²) in [6, 6.07) is 23.2. The lowest BCUT2D eigenvalue weighted by Crippen LogP contribution is -2.32. The summed E-state index contributed by atoms with van der Waals surface area (Å²) in [7, 11) is -3.88. The van der Waals surface area contributed by atoms with E-state index in [-0.39, 0.29) is 23.6 Å². The maximum Gasteiger partial charge on any atom is 0.238 e. The molecule has 3 aromatic carbocycles. The van der Waals surface area contributed by atoms with E-state index in [1.165, 1.54) is 6.07 Å². The van der Waals surface area contributed by atoms with Crippen LogP contribution in [0.4, 0.5) is 0 Å². The van der Waals surface area contributed by atoms with Gasteiger partial charge < -0.3 is 9.42 Å². The van der Waals surface area contributed by atoms with Gasteiger partial charge in [0, 0.05) is 31.1 Å². The number of carbonyl (C=O) groups excluding carboxylic acids is 1. The molecule has 0 saturated heterocycles. The molecule has 9 nitrogen and oxygen atoms in total. The monoisotopic (exact) mass is 515 g/mol. The number of nitrogens with two attached hydrogens (primary N) is 1. The van der Waals surface area contributed by atoms with Crippen LogP contribution in [-0.4, -0.2) is 35.9 Å². The lowest BCUT2D eigenvalue weighted by atomic mass is 10.0. The molecule has 0 atom stereocenters. The Kier molecular flexibility index (Phi) is 7.77. The third-order valence-electron chi connectivity index (χ3n) is 5.75. The summed E-state index contributed by atoms with van der Waals surface area (Å²) in [5.41, 5.74) is 3.59. The number of hydrogen-bond acceptors (Lipinski definition) is 7. The second-order valence-electron chi connectivity index (χ2n) is 8.48. The summed E-state index contributed by atoms with van der Waals surface area (Å²) in [5.74, 6) is 0.803. The van der Waals surface area contributed by atoms with Gasteiger partial charge in [-0.1, -0.05) is 65.8 Å². The molecule has 2 N–H and O–H groups in total. The molecule has 0 radical (unpaired) electrons. The van der Waals surface area contributed by atoms with Gasteiger partial charge in [-0.25, -0.2) is 13.6 Å². The zero-order chi connectivity index (χ0) is 26.4. The van der Waals surface area contributed by atoms with Crippen molar-refractivity contribution in [1.29, 1.82) is 5.26 Å². The summed E-state index contributed by atoms with van der Waals surface area (Å²) >= 11 is 0. The van der Waals surface area contributed by atoms with Crippen LogP contribution in [0.1, 0.15) is 23.4 Å². The lowest BCUT2D eigenvalue weighted by molar-refractivity contribution is -0.131. The van der Waals surface area contributed by atoms with Crippen LogP contribution in [0.3, 0.4) is 0 Å². The van der Waals surface area contributed by atoms with E-state index in [4.69, 9.17) is 14.9 Å². The van der Waals surface area contributed by atoms with Gasteiger partial charge in [0.15, 0.2) is 0 Å². The average molecular weight is 516 g/mol. The molecule has 37 heavy (non-hydrogen) atoms. The maximum atomic E-state index is 13.2. The van der Waals surface area contributed by atoms with Crippen molar-refractivity contribution in [3.63, 3.8) is 0 Å². The van der Waals surface area contributed by atoms with E-state index in [1.54, 1.807) is 54.3 Å². The highest BCUT2D eigenvalue weighted by Crippen LogP contribution is 2.27. The maximum absolute atomic E-state index is 13.2. The van der Waals surface area contributed by atoms with E-state index in [1.807, 2.05) is 24.3 Å². The summed E-state index contributed by atoms with van der Waals surface area (Å²) in [5, 5.41) is 18.4. The molecule has 10 heteroatoms. The molecule has 0 aliphatic rings. The van der Waals surface area contributed by atoms with Crippen LogP contribution in [-0.2, 0) is 27.8 Å². The Hall–Kier alpha value is -4.33. The second-order valence-corrected chi connectivity index (χ2v) is 10.0. The third-order valence-corrected chi connectivity index (χ3v) is 6.72. The number of benzene rings is 3. The lowest BCUT2D eigenvalue weighted by Gasteiger charge is -2.22. The zero-order valence-electron chi connectivity index (χ0n) is 20.2. The van der Waals surface area contributed by atoms with Crippen molar-refractivity contribution in [1.82, 2.24) is 15.0 Å². The highest BCUT2D eigenvalue weighted by molar-refractivity contribution is 7.89. The van der Waals surface area contributed by atoms with E-state index >= 15 is 0 Å². The molecule has 0 spiro atoms. The fourth-order valence-electron chi connectivity index (χ4n) is 3.96. The Morgan fingerprint density at radius 2 is 1.78 bits per heavy atom. The van der Waals surface area contributed by atoms with E-state index in [9.17, 15) is 13.2 Å². The van der Waals surface area contributed by atoms with Gasteiger partial charge in [0.05, 0.1) is 23.8 Å². The molecule has 0 bridgehead atoms. The number of amides is 1. The molecule has 1 aromatic heterocycles. The van der Waals surface area contributed by atoms with Crippen molar-refractivity contribution < 1.29 is 17.7 Å². The van der Waals surface area contributed by atoms with Gasteiger partial charge in [0.2, 0.25) is 27.6 Å². The topological polar surface area (TPSA) is 143 Å². The van der Waals surface area contributed by atoms with Gasteiger partial charge in [-0.15, -0.1) is 0 Å². The molecular weight excluding hydrogens is 490 g/mol. The van der Waals surface area contributed by atoms with Crippen LogP contribution < -0.4 is 5.14 Å². The van der Waals surface area contributed by atoms with Crippen molar-refractivity contribution in [2.75, 3.05) is 6.54 Å². The van der Waals surface area contributed by atoms with Gasteiger partial charge in [-0.3, -0.25) is 4.79 Å². The second kappa shape index (κ2) is 11.2. The molecule has 0 aliphatic heterocycles. The van der Waals surface area contributed by atoms with Gasteiger partial charge in [-0.05, 0) is 28.8 Å². The Labute approximate surface area is 215 Å². The number of sulfonamides is 1. The normalized spacial score (nSPS) is 11.2. The first-order valence-corrected chi connectivity index (χ1v) is 13.0. The molecule has 0 fully saturated rings. The first kappa shape index (κ1) is 25.8. The van der Waals surface area contributed by atoms with Crippen molar-refractivity contribution in [3.8, 4) is 28.6 Å². The van der Waals surface area contributed by atoms with Crippen molar-refractivity contribution >= 4 is 15.9 Å². The number of hydrogen-bond donors (Lipinski definition) is 1. The smallest absolute Gasteiger partial charge is 0.238 e. The molecule has 4 aromatic rings. The van der Waals surface area contributed by atoms with Gasteiger partial charge >= 0.3 is 0 Å². The summed E-state index contributed by atoms with van der Waals surface area (Å²) in [4.78, 5) is 19.1. The van der Waals surface area contributed by atoms with Crippen LogP contribution in [0.2, 0.25) is 0 Å². The molecule has 188 valence electrons. The summed E-state index contributed by atoms with van der Waals surface area (Å²) in [6.45, 7) is 2.33. The zero-order valence-corrected chi connectivity index (χ0v) is 21.0. The van der Waals surface area contributed by atoms with E-state index in [0.29, 0.717) is 35.9 Å². The Bertz CT molecular complexity index is 1560. The standard InChI is InChI=1S/C27H25N5O4S/c1-19-30-27(31-36-19)23-7-4-6-21(16-23)18-32(15-5-14-28)26(33)17-20-10-12-22(13-11-20)24-8-2-3-9-25(24)37(29,34)35/h2-4,6-13,16H,5,15,17-18H2,1H3,(H2,29,34,35). The number of rotatable bonds is 9. The number of nitrogens with zero attached hydrogens (tertiary/aromatic N) is 4. The SMILES string of the molecule is Cc1nc(-c2cccc(CN(CCC#N)C(=O)Cc3ccc(-c4ccccc4S(N)(=O)=O)cc3)c2)no1. The van der Waals surface area contributed by atoms with Gasteiger partial charge in [0.1, 0.15) is 0 Å². The number of carbonyl (C=O) groups is 1. The first-order chi connectivity index (χ1) is 17.7. The minimum Gasteiger partial charge on any atom is -0.339 e. The number of nitriles is 1. The van der Waals surface area contributed by atoms with Crippen LogP contribution in [0.5, 0.6) is 0 Å². The van der Waals surface area contributed by atoms with Crippen molar-refractivity contribution in [2.24, 2.45) is 5.14 Å². The third kappa shape index (κ3) is 6.46. The number of aryl methyl sites for hydroxylation is 1. The van der Waals surface area contributed by atoms with Crippen LogP contribution in [0.25, 0.3) is 22.5 Å². The Morgan fingerprint density at radius 1 is 1.03 bits per heavy atom. The number of aromatic nitrogens is 2. The average Bonchev–Trinajstić information content (AvgIpc) is 3.33. The van der Waals surface area contributed by atoms with Crippen LogP contribution in [0.15, 0.2) is 82.2 Å². The Morgan fingerprint density at radius 3 is 2.46 bits per heavy atom. The van der Waals surface area contributed by atoms with Crippen LogP contribution in [0, 0.1) is 18.3 Å². The molecule has 1 amide bonds. The molecule has 4 rings (SSSR count). The fraction of sp³-hybridized carbons (Fsp3) is 0.185. The quantitative estimate of drug-likeness (QED) is 0.357. The van der Waals surface area contributed by atoms with Crippen molar-refractivity contribution in [3.05, 3.63) is 89.8 Å². The molecular formula is C27H25N5O4S. The summed E-state index contributed by atoms with van der Waals surface area (Å²) < 4.78 is 29.0. The number of primary sulfonamides is 1. The minimum atomic E-state index is -3.88.